The van der Waals surface area contributed by atoms with Gasteiger partial charge in [-0.3, -0.25) is 9.36 Å². The van der Waals surface area contributed by atoms with Crippen LogP contribution in [0.1, 0.15) is 0 Å². The summed E-state index contributed by atoms with van der Waals surface area (Å²) in [5.74, 6) is 0. The number of methoxy groups -OCH3 is 1. The summed E-state index contributed by atoms with van der Waals surface area (Å²) < 4.78 is 7.06. The van der Waals surface area contributed by atoms with Crippen LogP contribution in [-0.4, -0.2) is 24.3 Å². The maximum absolute atomic E-state index is 11.7. The van der Waals surface area contributed by atoms with Crippen LogP contribution in [0.25, 0.3) is 10.2 Å². The van der Waals surface area contributed by atoms with E-state index in [2.05, 4.69) is 10.1 Å². The first-order valence-corrected chi connectivity index (χ1v) is 5.94. The molecule has 5 nitrogen and oxygen atoms in total. The smallest absolute Gasteiger partial charge is 0.406 e. The fourth-order valence-electron chi connectivity index (χ4n) is 1.57. The van der Waals surface area contributed by atoms with Gasteiger partial charge in [0.25, 0.3) is 0 Å². The number of hydrogen-bond acceptors (Lipinski definition) is 4. The fourth-order valence-corrected chi connectivity index (χ4v) is 2.49. The summed E-state index contributed by atoms with van der Waals surface area (Å²) in [6.07, 6.45) is -0.488. The van der Waals surface area contributed by atoms with Crippen molar-refractivity contribution >= 4 is 27.6 Å². The molecular weight excluding hydrogens is 240 g/mol. The van der Waals surface area contributed by atoms with Crippen LogP contribution in [0.4, 0.5) is 4.79 Å². The highest BCUT2D eigenvalue weighted by molar-refractivity contribution is 7.16. The van der Waals surface area contributed by atoms with E-state index in [1.165, 1.54) is 18.4 Å². The highest BCUT2D eigenvalue weighted by Gasteiger charge is 2.06. The molecule has 1 aromatic heterocycles. The zero-order valence-electron chi connectivity index (χ0n) is 9.30. The zero-order chi connectivity index (χ0) is 12.3. The number of amides is 1. The average molecular weight is 252 g/mol. The number of para-hydroxylation sites is 1. The number of alkyl carbamates (subject to hydrolysis) is 1. The lowest BCUT2D eigenvalue weighted by Gasteiger charge is -2.04. The van der Waals surface area contributed by atoms with Gasteiger partial charge in [-0.1, -0.05) is 23.5 Å². The molecule has 0 fully saturated rings. The predicted octanol–water partition coefficient (Wildman–Crippen LogP) is 1.42. The van der Waals surface area contributed by atoms with Crippen LogP contribution >= 0.6 is 11.3 Å². The van der Waals surface area contributed by atoms with Crippen molar-refractivity contribution in [3.63, 3.8) is 0 Å². The molecule has 2 aromatic rings. The third kappa shape index (κ3) is 2.47. The van der Waals surface area contributed by atoms with Crippen LogP contribution in [0.5, 0.6) is 0 Å². The molecule has 0 aliphatic carbocycles. The van der Waals surface area contributed by atoms with Crippen LogP contribution in [0, 0.1) is 0 Å². The monoisotopic (exact) mass is 252 g/mol. The minimum Gasteiger partial charge on any atom is -0.453 e. The van der Waals surface area contributed by atoms with Crippen LogP contribution in [0.2, 0.25) is 0 Å². The molecule has 0 saturated heterocycles. The van der Waals surface area contributed by atoms with Crippen LogP contribution in [0.15, 0.2) is 29.1 Å². The number of fused-ring (bicyclic) bond motifs is 1. The van der Waals surface area contributed by atoms with Crippen molar-refractivity contribution in [3.05, 3.63) is 33.9 Å². The predicted molar refractivity (Wildman–Crippen MR) is 66.5 cm³/mol. The number of nitrogens with one attached hydrogen (secondary N) is 1. The summed E-state index contributed by atoms with van der Waals surface area (Å²) >= 11 is 1.21. The van der Waals surface area contributed by atoms with Gasteiger partial charge < -0.3 is 10.1 Å². The molecule has 0 radical (unpaired) electrons. The van der Waals surface area contributed by atoms with Gasteiger partial charge in [-0.2, -0.15) is 0 Å². The maximum atomic E-state index is 11.7. The second kappa shape index (κ2) is 5.01. The minimum atomic E-state index is -0.488. The number of ether oxygens (including phenoxy) is 1. The van der Waals surface area contributed by atoms with E-state index in [0.717, 1.165) is 10.2 Å². The SMILES string of the molecule is COC(=O)NCCn1c(=O)sc2ccccc21. The van der Waals surface area contributed by atoms with Crippen molar-refractivity contribution in [3.8, 4) is 0 Å². The van der Waals surface area contributed by atoms with Crippen LogP contribution in [-0.2, 0) is 11.3 Å². The average Bonchev–Trinajstić information content (AvgIpc) is 2.66. The first kappa shape index (κ1) is 11.7. The molecular formula is C11H12N2O3S. The van der Waals surface area contributed by atoms with Crippen molar-refractivity contribution in [1.82, 2.24) is 9.88 Å². The largest absolute Gasteiger partial charge is 0.453 e. The summed E-state index contributed by atoms with van der Waals surface area (Å²) in [4.78, 5) is 22.6. The molecule has 90 valence electrons. The molecule has 2 rings (SSSR count). The summed E-state index contributed by atoms with van der Waals surface area (Å²) in [5.41, 5.74) is 0.897. The number of thiazole rings is 1. The molecule has 0 atom stereocenters. The van der Waals surface area contributed by atoms with E-state index in [9.17, 15) is 9.59 Å². The fraction of sp³-hybridized carbons (Fsp3) is 0.273. The minimum absolute atomic E-state index is 0.0159. The zero-order valence-corrected chi connectivity index (χ0v) is 10.1. The summed E-state index contributed by atoms with van der Waals surface area (Å²) in [7, 11) is 1.31. The van der Waals surface area contributed by atoms with E-state index in [1.807, 2.05) is 24.3 Å². The topological polar surface area (TPSA) is 60.3 Å². The van der Waals surface area contributed by atoms with Gasteiger partial charge >= 0.3 is 11.0 Å². The Morgan fingerprint density at radius 1 is 1.47 bits per heavy atom. The van der Waals surface area contributed by atoms with Crippen LogP contribution in [0.3, 0.4) is 0 Å². The van der Waals surface area contributed by atoms with E-state index in [0.29, 0.717) is 13.1 Å². The summed E-state index contributed by atoms with van der Waals surface area (Å²) in [5, 5.41) is 2.55. The van der Waals surface area contributed by atoms with Crippen molar-refractivity contribution < 1.29 is 9.53 Å². The molecule has 1 aromatic carbocycles. The van der Waals surface area contributed by atoms with Gasteiger partial charge in [0.2, 0.25) is 0 Å². The highest BCUT2D eigenvalue weighted by atomic mass is 32.1. The molecule has 0 unspecified atom stereocenters. The number of benzene rings is 1. The maximum Gasteiger partial charge on any atom is 0.406 e. The molecule has 0 spiro atoms. The lowest BCUT2D eigenvalue weighted by atomic mass is 10.3. The molecule has 0 bridgehead atoms. The van der Waals surface area contributed by atoms with Crippen molar-refractivity contribution in [2.45, 2.75) is 6.54 Å². The number of aromatic nitrogens is 1. The second-order valence-electron chi connectivity index (χ2n) is 3.41. The van der Waals surface area contributed by atoms with E-state index in [-0.39, 0.29) is 4.87 Å². The third-order valence-corrected chi connectivity index (χ3v) is 3.32. The van der Waals surface area contributed by atoms with Crippen LogP contribution < -0.4 is 10.2 Å². The van der Waals surface area contributed by atoms with Crippen molar-refractivity contribution in [2.75, 3.05) is 13.7 Å². The van der Waals surface area contributed by atoms with E-state index < -0.39 is 6.09 Å². The number of rotatable bonds is 3. The Bertz CT molecular complexity index is 588. The molecule has 1 amide bonds. The molecule has 17 heavy (non-hydrogen) atoms. The lowest BCUT2D eigenvalue weighted by molar-refractivity contribution is 0.170. The Hall–Kier alpha value is -1.82. The Labute approximate surface area is 102 Å². The van der Waals surface area contributed by atoms with Gasteiger partial charge in [-0.15, -0.1) is 0 Å². The van der Waals surface area contributed by atoms with E-state index in [1.54, 1.807) is 4.57 Å². The Kier molecular flexibility index (Phi) is 3.43. The number of carbonyl (C=O) groups excluding carboxylic acids is 1. The molecule has 1 N–H and O–H groups in total. The first-order chi connectivity index (χ1) is 8.22. The Morgan fingerprint density at radius 3 is 3.00 bits per heavy atom. The molecule has 6 heteroatoms. The van der Waals surface area contributed by atoms with Gasteiger partial charge in [0.15, 0.2) is 0 Å². The highest BCUT2D eigenvalue weighted by Crippen LogP contribution is 2.15. The molecule has 0 saturated carbocycles. The van der Waals surface area contributed by atoms with Crippen molar-refractivity contribution in [2.24, 2.45) is 0 Å². The van der Waals surface area contributed by atoms with E-state index >= 15 is 0 Å². The summed E-state index contributed by atoms with van der Waals surface area (Å²) in [6, 6.07) is 7.59. The Morgan fingerprint density at radius 2 is 2.24 bits per heavy atom. The van der Waals surface area contributed by atoms with Gasteiger partial charge in [0.05, 0.1) is 17.3 Å². The first-order valence-electron chi connectivity index (χ1n) is 5.12. The van der Waals surface area contributed by atoms with Gasteiger partial charge in [-0.25, -0.2) is 4.79 Å². The quantitative estimate of drug-likeness (QED) is 0.898. The second-order valence-corrected chi connectivity index (χ2v) is 4.40. The standard InChI is InChI=1S/C11H12N2O3S/c1-16-10(14)12-6-7-13-8-4-2-3-5-9(8)17-11(13)15/h2-5H,6-7H2,1H3,(H,12,14). The van der Waals surface area contributed by atoms with E-state index in [4.69, 9.17) is 0 Å². The third-order valence-electron chi connectivity index (χ3n) is 2.36. The lowest BCUT2D eigenvalue weighted by Crippen LogP contribution is -2.29. The Balaban J connectivity index is 2.15. The summed E-state index contributed by atoms with van der Waals surface area (Å²) in [6.45, 7) is 0.811. The molecule has 1 heterocycles. The molecule has 0 aliphatic rings. The molecule has 0 aliphatic heterocycles. The van der Waals surface area contributed by atoms with Gasteiger partial charge in [0, 0.05) is 13.1 Å². The number of carbonyl (C=O) groups is 1. The normalized spacial score (nSPS) is 10.4. The van der Waals surface area contributed by atoms with Gasteiger partial charge in [-0.05, 0) is 12.1 Å². The number of hydrogen-bond donors (Lipinski definition) is 1. The van der Waals surface area contributed by atoms with Gasteiger partial charge in [0.1, 0.15) is 0 Å². The van der Waals surface area contributed by atoms with Crippen molar-refractivity contribution in [1.29, 1.82) is 0 Å². The number of nitrogens with zero attached hydrogens (tertiary/aromatic N) is 1.